The van der Waals surface area contributed by atoms with Gasteiger partial charge in [0.15, 0.2) is 0 Å². The highest BCUT2D eigenvalue weighted by Crippen LogP contribution is 2.25. The van der Waals surface area contributed by atoms with Crippen LogP contribution >= 0.6 is 24.0 Å². The van der Waals surface area contributed by atoms with Crippen LogP contribution in [-0.4, -0.2) is 35.6 Å². The molecule has 1 fully saturated rings. The van der Waals surface area contributed by atoms with E-state index in [1.54, 1.807) is 6.20 Å². The van der Waals surface area contributed by atoms with Gasteiger partial charge in [0, 0.05) is 60.8 Å². The van der Waals surface area contributed by atoms with Crippen molar-refractivity contribution in [1.29, 1.82) is 0 Å². The van der Waals surface area contributed by atoms with Crippen molar-refractivity contribution in [3.8, 4) is 5.75 Å². The Balaban J connectivity index is 0.00000208. The molecular weight excluding hydrogens is 345 g/mol. The molecule has 1 aliphatic rings. The van der Waals surface area contributed by atoms with Crippen LogP contribution in [0, 0.1) is 0 Å². The summed E-state index contributed by atoms with van der Waals surface area (Å²) in [5, 5.41) is 4.21. The molecule has 1 saturated heterocycles. The van der Waals surface area contributed by atoms with Gasteiger partial charge in [-0.1, -0.05) is 17.7 Å². The second-order valence-corrected chi connectivity index (χ2v) is 6.43. The SMILES string of the molecule is C[C@H]1CN(Cc2cc(Cl)ccc2OCc2cccnc2)CCN1.Cl. The number of hydrogen-bond acceptors (Lipinski definition) is 4. The molecule has 0 amide bonds. The van der Waals surface area contributed by atoms with E-state index in [-0.39, 0.29) is 12.4 Å². The molecule has 1 N–H and O–H groups in total. The molecule has 0 saturated carbocycles. The maximum Gasteiger partial charge on any atom is 0.124 e. The fourth-order valence-electron chi connectivity index (χ4n) is 2.85. The van der Waals surface area contributed by atoms with Gasteiger partial charge < -0.3 is 10.1 Å². The summed E-state index contributed by atoms with van der Waals surface area (Å²) in [6.45, 7) is 6.68. The minimum absolute atomic E-state index is 0. The molecule has 0 radical (unpaired) electrons. The quantitative estimate of drug-likeness (QED) is 0.876. The van der Waals surface area contributed by atoms with E-state index in [9.17, 15) is 0 Å². The van der Waals surface area contributed by atoms with Gasteiger partial charge >= 0.3 is 0 Å². The fraction of sp³-hybridized carbons (Fsp3) is 0.389. The van der Waals surface area contributed by atoms with E-state index in [1.807, 2.05) is 36.5 Å². The summed E-state index contributed by atoms with van der Waals surface area (Å²) in [6.07, 6.45) is 3.59. The van der Waals surface area contributed by atoms with Crippen molar-refractivity contribution < 1.29 is 4.74 Å². The molecule has 0 bridgehead atoms. The van der Waals surface area contributed by atoms with Crippen molar-refractivity contribution in [1.82, 2.24) is 15.2 Å². The highest BCUT2D eigenvalue weighted by Gasteiger charge is 2.17. The first kappa shape index (κ1) is 19.0. The van der Waals surface area contributed by atoms with E-state index in [4.69, 9.17) is 16.3 Å². The number of hydrogen-bond donors (Lipinski definition) is 1. The van der Waals surface area contributed by atoms with Crippen LogP contribution in [0.2, 0.25) is 5.02 Å². The summed E-state index contributed by atoms with van der Waals surface area (Å²) in [7, 11) is 0. The summed E-state index contributed by atoms with van der Waals surface area (Å²) in [5.74, 6) is 0.893. The van der Waals surface area contributed by atoms with Crippen LogP contribution in [0.5, 0.6) is 5.75 Å². The van der Waals surface area contributed by atoms with Gasteiger partial charge in [0.1, 0.15) is 12.4 Å². The number of nitrogens with one attached hydrogen (secondary N) is 1. The molecule has 1 aliphatic heterocycles. The Hall–Kier alpha value is -1.33. The van der Waals surface area contributed by atoms with Crippen molar-refractivity contribution in [2.24, 2.45) is 0 Å². The normalized spacial score (nSPS) is 18.0. The molecule has 1 atom stereocenters. The topological polar surface area (TPSA) is 37.4 Å². The molecule has 130 valence electrons. The largest absolute Gasteiger partial charge is 0.489 e. The Morgan fingerprint density at radius 1 is 1.38 bits per heavy atom. The predicted molar refractivity (Wildman–Crippen MR) is 100 cm³/mol. The van der Waals surface area contributed by atoms with Crippen LogP contribution in [0.25, 0.3) is 0 Å². The number of benzene rings is 1. The van der Waals surface area contributed by atoms with Crippen LogP contribution in [0.4, 0.5) is 0 Å². The van der Waals surface area contributed by atoms with E-state index in [0.29, 0.717) is 12.6 Å². The van der Waals surface area contributed by atoms with Crippen molar-refractivity contribution in [2.75, 3.05) is 19.6 Å². The monoisotopic (exact) mass is 367 g/mol. The first-order chi connectivity index (χ1) is 11.2. The molecule has 0 aliphatic carbocycles. The Labute approximate surface area is 154 Å². The number of pyridine rings is 1. The predicted octanol–water partition coefficient (Wildman–Crippen LogP) is 3.53. The number of nitrogens with zero attached hydrogens (tertiary/aromatic N) is 2. The molecule has 6 heteroatoms. The van der Waals surface area contributed by atoms with Gasteiger partial charge in [-0.25, -0.2) is 0 Å². The van der Waals surface area contributed by atoms with Gasteiger partial charge in [-0.2, -0.15) is 0 Å². The lowest BCUT2D eigenvalue weighted by Crippen LogP contribution is -2.48. The van der Waals surface area contributed by atoms with Crippen LogP contribution in [-0.2, 0) is 13.2 Å². The Kier molecular flexibility index (Phi) is 7.31. The molecule has 2 heterocycles. The van der Waals surface area contributed by atoms with E-state index in [0.717, 1.165) is 48.1 Å². The second kappa shape index (κ2) is 9.23. The average Bonchev–Trinajstić information content (AvgIpc) is 2.55. The lowest BCUT2D eigenvalue weighted by atomic mass is 10.1. The molecule has 2 aromatic rings. The fourth-order valence-corrected chi connectivity index (χ4v) is 3.05. The highest BCUT2D eigenvalue weighted by atomic mass is 35.5. The van der Waals surface area contributed by atoms with Crippen molar-refractivity contribution in [3.05, 3.63) is 58.9 Å². The van der Waals surface area contributed by atoms with Crippen LogP contribution in [0.1, 0.15) is 18.1 Å². The molecule has 24 heavy (non-hydrogen) atoms. The molecule has 1 aromatic heterocycles. The van der Waals surface area contributed by atoms with Crippen LogP contribution in [0.15, 0.2) is 42.7 Å². The standard InChI is InChI=1S/C18H22ClN3O.ClH/c1-14-11-22(8-7-21-14)12-16-9-17(19)4-5-18(16)23-13-15-3-2-6-20-10-15;/h2-6,9-10,14,21H,7-8,11-13H2,1H3;1H/t14-;/m0./s1. The zero-order valence-electron chi connectivity index (χ0n) is 13.7. The van der Waals surface area contributed by atoms with Gasteiger partial charge in [-0.15, -0.1) is 12.4 Å². The van der Waals surface area contributed by atoms with E-state index >= 15 is 0 Å². The number of rotatable bonds is 5. The summed E-state index contributed by atoms with van der Waals surface area (Å²) in [6, 6.07) is 10.3. The second-order valence-electron chi connectivity index (χ2n) is 5.99. The molecule has 3 rings (SSSR count). The number of aromatic nitrogens is 1. The molecule has 1 aromatic carbocycles. The average molecular weight is 368 g/mol. The van der Waals surface area contributed by atoms with E-state index in [2.05, 4.69) is 22.1 Å². The van der Waals surface area contributed by atoms with Gasteiger partial charge in [0.25, 0.3) is 0 Å². The molecule has 0 unspecified atom stereocenters. The smallest absolute Gasteiger partial charge is 0.124 e. The van der Waals surface area contributed by atoms with Gasteiger partial charge in [-0.3, -0.25) is 9.88 Å². The van der Waals surface area contributed by atoms with Gasteiger partial charge in [-0.05, 0) is 31.2 Å². The maximum absolute atomic E-state index is 6.18. The highest BCUT2D eigenvalue weighted by molar-refractivity contribution is 6.30. The number of piperazine rings is 1. The summed E-state index contributed by atoms with van der Waals surface area (Å²) >= 11 is 6.18. The van der Waals surface area contributed by atoms with Crippen LogP contribution in [0.3, 0.4) is 0 Å². The Morgan fingerprint density at radius 3 is 3.00 bits per heavy atom. The lowest BCUT2D eigenvalue weighted by molar-refractivity contribution is 0.195. The Morgan fingerprint density at radius 2 is 2.25 bits per heavy atom. The Bertz CT molecular complexity index is 639. The van der Waals surface area contributed by atoms with Gasteiger partial charge in [0.05, 0.1) is 0 Å². The first-order valence-electron chi connectivity index (χ1n) is 7.96. The number of ether oxygens (including phenoxy) is 1. The summed E-state index contributed by atoms with van der Waals surface area (Å²) in [5.41, 5.74) is 2.19. The zero-order valence-corrected chi connectivity index (χ0v) is 15.3. The van der Waals surface area contributed by atoms with Gasteiger partial charge in [0.2, 0.25) is 0 Å². The zero-order chi connectivity index (χ0) is 16.1. The molecular formula is C18H23Cl2N3O. The first-order valence-corrected chi connectivity index (χ1v) is 8.34. The third kappa shape index (κ3) is 5.35. The third-order valence-corrected chi connectivity index (χ3v) is 4.22. The van der Waals surface area contributed by atoms with Crippen molar-refractivity contribution in [2.45, 2.75) is 26.1 Å². The lowest BCUT2D eigenvalue weighted by Gasteiger charge is -2.32. The summed E-state index contributed by atoms with van der Waals surface area (Å²) in [4.78, 5) is 6.55. The van der Waals surface area contributed by atoms with E-state index < -0.39 is 0 Å². The van der Waals surface area contributed by atoms with Crippen molar-refractivity contribution >= 4 is 24.0 Å². The minimum atomic E-state index is 0. The molecule has 4 nitrogen and oxygen atoms in total. The van der Waals surface area contributed by atoms with Crippen molar-refractivity contribution in [3.63, 3.8) is 0 Å². The summed E-state index contributed by atoms with van der Waals surface area (Å²) < 4.78 is 6.01. The molecule has 0 spiro atoms. The maximum atomic E-state index is 6.18. The third-order valence-electron chi connectivity index (χ3n) is 3.99. The number of halogens is 2. The van der Waals surface area contributed by atoms with E-state index in [1.165, 1.54) is 0 Å². The minimum Gasteiger partial charge on any atom is -0.489 e. The van der Waals surface area contributed by atoms with Crippen LogP contribution < -0.4 is 10.1 Å².